The van der Waals surface area contributed by atoms with E-state index in [1.165, 1.54) is 0 Å². The molecule has 0 bridgehead atoms. The van der Waals surface area contributed by atoms with Gasteiger partial charge in [-0.15, -0.1) is 12.6 Å². The molecule has 16 heavy (non-hydrogen) atoms. The minimum Gasteiger partial charge on any atom is -0.394 e. The Balaban J connectivity index is -0.000000180. The maximum Gasteiger partial charge on any atom is 0.129 e. The molecule has 1 heterocycles. The number of rotatable bonds is 1. The molecule has 5 unspecified atom stereocenters. The number of aliphatic hydroxyl groups excluding tert-OH is 4. The van der Waals surface area contributed by atoms with Gasteiger partial charge in [-0.05, 0) is 0 Å². The molecule has 84 valence electrons. The average molecular weight is 1100 g/mol. The van der Waals surface area contributed by atoms with Crippen molar-refractivity contribution in [3.63, 3.8) is 0 Å². The van der Waals surface area contributed by atoms with Crippen molar-refractivity contribution in [2.45, 2.75) is 29.9 Å². The Morgan fingerprint density at radius 2 is 1.31 bits per heavy atom. The monoisotopic (exact) mass is 1100 g/mol. The molecular weight excluding hydrogens is 1090 g/mol. The Labute approximate surface area is 243 Å². The van der Waals surface area contributed by atoms with E-state index in [0.717, 1.165) is 0 Å². The van der Waals surface area contributed by atoms with Crippen molar-refractivity contribution >= 4 is 12.6 Å². The maximum absolute atomic E-state index is 9.20. The summed E-state index contributed by atoms with van der Waals surface area (Å²) in [6.07, 6.45) is -4.70. The van der Waals surface area contributed by atoms with E-state index in [0.29, 0.717) is 0 Å². The second kappa shape index (κ2) is 15.8. The van der Waals surface area contributed by atoms with Crippen LogP contribution in [0.5, 0.6) is 0 Å². The largest absolute Gasteiger partial charge is 0.394 e. The van der Waals surface area contributed by atoms with Gasteiger partial charge >= 0.3 is 0 Å². The second-order valence-corrected chi connectivity index (χ2v) is 3.23. The molecule has 0 saturated carbocycles. The van der Waals surface area contributed by atoms with Crippen LogP contribution in [0.2, 0.25) is 0 Å². The van der Waals surface area contributed by atoms with E-state index in [2.05, 4.69) is 12.6 Å². The van der Waals surface area contributed by atoms with E-state index in [-0.39, 0.29) is 176 Å². The Hall–Kier alpha value is 5.92. The summed E-state index contributed by atoms with van der Waals surface area (Å²) >= 11 is 3.81. The fourth-order valence-corrected chi connectivity index (χ4v) is 1.41. The maximum atomic E-state index is 9.20. The zero-order valence-electron chi connectivity index (χ0n) is 8.55. The van der Waals surface area contributed by atoms with Crippen LogP contribution >= 0.6 is 12.6 Å². The van der Waals surface area contributed by atoms with Crippen molar-refractivity contribution in [3.8, 4) is 0 Å². The van der Waals surface area contributed by atoms with Crippen LogP contribution in [0, 0.1) is 176 Å². The zero-order chi connectivity index (χ0) is 9.30. The van der Waals surface area contributed by atoms with Crippen molar-refractivity contribution in [1.82, 2.24) is 0 Å². The summed E-state index contributed by atoms with van der Waals surface area (Å²) in [7, 11) is 0. The van der Waals surface area contributed by atoms with Crippen LogP contribution in [0.25, 0.3) is 0 Å². The Morgan fingerprint density at radius 1 is 0.875 bits per heavy atom. The first-order valence-electron chi connectivity index (χ1n) is 3.56. The van der Waals surface area contributed by atoms with Gasteiger partial charge in [0.2, 0.25) is 0 Å². The fourth-order valence-electron chi connectivity index (χ4n) is 1.08. The second-order valence-electron chi connectivity index (χ2n) is 2.72. The van der Waals surface area contributed by atoms with Crippen LogP contribution in [0.3, 0.4) is 0 Å². The molecule has 5 nitrogen and oxygen atoms in total. The molecule has 1 rings (SSSR count). The van der Waals surface area contributed by atoms with E-state index >= 15 is 0 Å². The normalized spacial score (nSPS) is 36.9. The predicted octanol–water partition coefficient (Wildman–Crippen LogP) is -2.28. The molecule has 1 fully saturated rings. The van der Waals surface area contributed by atoms with Gasteiger partial charge in [-0.3, -0.25) is 0 Å². The summed E-state index contributed by atoms with van der Waals surface area (Å²) in [5.41, 5.74) is -0.874. The number of hydrogen-bond acceptors (Lipinski definition) is 6. The number of aliphatic hydroxyl groups is 4. The fraction of sp³-hybridized carbons (Fsp3) is 1.00. The summed E-state index contributed by atoms with van der Waals surface area (Å²) in [5.74, 6) is 0. The molecule has 0 aliphatic carbocycles. The first kappa shape index (κ1) is 29.9. The van der Waals surface area contributed by atoms with Gasteiger partial charge in [-0.25, -0.2) is 0 Å². The number of ether oxygens (including phenoxy) is 1. The molecule has 1 aliphatic heterocycles. The van der Waals surface area contributed by atoms with Gasteiger partial charge in [-0.1, -0.05) is 0 Å². The molecule has 0 spiro atoms. The van der Waals surface area contributed by atoms with Crippen LogP contribution < -0.4 is 0 Å². The van der Waals surface area contributed by atoms with Crippen LogP contribution in [0.4, 0.5) is 0 Å². The van der Waals surface area contributed by atoms with E-state index in [9.17, 15) is 10.2 Å². The smallest absolute Gasteiger partial charge is 0.129 e. The van der Waals surface area contributed by atoms with Crippen molar-refractivity contribution in [3.05, 3.63) is 0 Å². The third-order valence-corrected chi connectivity index (χ3v) is 2.29. The molecule has 0 aromatic carbocycles. The van der Waals surface area contributed by atoms with Crippen molar-refractivity contribution in [2.75, 3.05) is 6.61 Å². The van der Waals surface area contributed by atoms with E-state index in [1.54, 1.807) is 0 Å². The minimum atomic E-state index is -1.32. The number of thiol groups is 1. The summed E-state index contributed by atoms with van der Waals surface area (Å²) < 4.78 is 4.88. The van der Waals surface area contributed by atoms with E-state index in [4.69, 9.17) is 14.9 Å². The third kappa shape index (κ3) is 9.14. The summed E-state index contributed by atoms with van der Waals surface area (Å²) in [4.78, 5) is 0. The molecule has 4 radical (unpaired) electrons. The first-order chi connectivity index (χ1) is 5.57. The van der Waals surface area contributed by atoms with Gasteiger partial charge in [0.15, 0.2) is 0 Å². The molecular formula is C6H12Ac4O5S. The zero-order valence-corrected chi connectivity index (χ0v) is 28.4. The summed E-state index contributed by atoms with van der Waals surface area (Å²) in [6, 6.07) is 0. The van der Waals surface area contributed by atoms with Crippen molar-refractivity contribution < 1.29 is 201 Å². The molecule has 0 aromatic rings. The molecule has 1 saturated heterocycles. The Kier molecular flexibility index (Phi) is 29.5. The minimum absolute atomic E-state index is 0. The van der Waals surface area contributed by atoms with Gasteiger partial charge in [0.05, 0.1) is 6.61 Å². The van der Waals surface area contributed by atoms with Crippen LogP contribution in [0.15, 0.2) is 0 Å². The molecule has 5 atom stereocenters. The SMILES string of the molecule is OCC1OC(S)C(O)C(O)C1O.[Ac].[Ac].[Ac].[Ac]. The van der Waals surface area contributed by atoms with E-state index in [1.807, 2.05) is 0 Å². The van der Waals surface area contributed by atoms with Crippen LogP contribution in [-0.2, 0) is 4.74 Å². The van der Waals surface area contributed by atoms with Crippen molar-refractivity contribution in [2.24, 2.45) is 0 Å². The van der Waals surface area contributed by atoms with Gasteiger partial charge in [0.25, 0.3) is 0 Å². The summed E-state index contributed by atoms with van der Waals surface area (Å²) in [6.45, 7) is -0.415. The summed E-state index contributed by atoms with van der Waals surface area (Å²) in [5, 5.41) is 36.2. The van der Waals surface area contributed by atoms with Crippen LogP contribution in [0.1, 0.15) is 0 Å². The topological polar surface area (TPSA) is 90.2 Å². The molecule has 4 N–H and O–H groups in total. The predicted molar refractivity (Wildman–Crippen MR) is 42.8 cm³/mol. The number of hydrogen-bond donors (Lipinski definition) is 5. The van der Waals surface area contributed by atoms with E-state index < -0.39 is 36.5 Å². The quantitative estimate of drug-likeness (QED) is 0.192. The first-order valence-corrected chi connectivity index (χ1v) is 4.08. The van der Waals surface area contributed by atoms with Gasteiger partial charge in [0.1, 0.15) is 29.9 Å². The van der Waals surface area contributed by atoms with Gasteiger partial charge in [-0.2, -0.15) is 0 Å². The standard InChI is InChI=1S/C6H12O5S.4Ac/c7-1-2-3(8)4(9)5(10)6(12)11-2;;;;/h2-10,12H,1H2;;;;. The van der Waals surface area contributed by atoms with Gasteiger partial charge < -0.3 is 25.2 Å². The Bertz CT molecular complexity index is 163. The average Bonchev–Trinajstić information content (AvgIpc) is 2.08. The molecule has 0 aromatic heterocycles. The third-order valence-electron chi connectivity index (χ3n) is 1.87. The van der Waals surface area contributed by atoms with Crippen molar-refractivity contribution in [1.29, 1.82) is 0 Å². The Morgan fingerprint density at radius 3 is 1.69 bits per heavy atom. The molecule has 1 aliphatic rings. The van der Waals surface area contributed by atoms with Crippen LogP contribution in [-0.4, -0.2) is 56.9 Å². The molecule has 0 amide bonds. The van der Waals surface area contributed by atoms with Gasteiger partial charge in [0, 0.05) is 176 Å². The molecule has 10 heteroatoms.